The number of halogens is 1. The van der Waals surface area contributed by atoms with E-state index in [0.717, 1.165) is 18.5 Å². The van der Waals surface area contributed by atoms with Crippen LogP contribution in [0.25, 0.3) is 0 Å². The van der Waals surface area contributed by atoms with Gasteiger partial charge in [-0.15, -0.1) is 0 Å². The Kier molecular flexibility index (Phi) is 5.61. The normalized spacial score (nSPS) is 12.7. The van der Waals surface area contributed by atoms with E-state index >= 15 is 0 Å². The zero-order valence-corrected chi connectivity index (χ0v) is 9.80. The summed E-state index contributed by atoms with van der Waals surface area (Å²) in [6, 6.07) is 3.89. The fourth-order valence-electron chi connectivity index (χ4n) is 1.51. The molecule has 1 aromatic rings. The van der Waals surface area contributed by atoms with Gasteiger partial charge >= 0.3 is 0 Å². The van der Waals surface area contributed by atoms with Crippen LogP contribution in [-0.4, -0.2) is 4.98 Å². The highest BCUT2D eigenvalue weighted by Gasteiger charge is 2.09. The molecule has 1 atom stereocenters. The van der Waals surface area contributed by atoms with Gasteiger partial charge in [0.15, 0.2) is 0 Å². The third kappa shape index (κ3) is 4.16. The van der Waals surface area contributed by atoms with Crippen LogP contribution in [0.15, 0.2) is 18.3 Å². The third-order valence-corrected chi connectivity index (χ3v) is 2.63. The summed E-state index contributed by atoms with van der Waals surface area (Å²) in [6.07, 6.45) is 6.27. The minimum Gasteiger partial charge on any atom is -0.271 e. The van der Waals surface area contributed by atoms with Crippen molar-refractivity contribution in [2.45, 2.75) is 38.6 Å². The summed E-state index contributed by atoms with van der Waals surface area (Å²) in [5, 5.41) is 0.656. The molecule has 0 fully saturated rings. The minimum absolute atomic E-state index is 0.133. The highest BCUT2D eigenvalue weighted by Crippen LogP contribution is 2.18. The lowest BCUT2D eigenvalue weighted by atomic mass is 10.1. The summed E-state index contributed by atoms with van der Waals surface area (Å²) in [5.41, 5.74) is 3.75. The molecule has 3 nitrogen and oxygen atoms in total. The van der Waals surface area contributed by atoms with Gasteiger partial charge in [-0.25, -0.2) is 0 Å². The molecule has 1 aromatic heterocycles. The number of hydrazine groups is 1. The Hall–Kier alpha value is -0.640. The van der Waals surface area contributed by atoms with Crippen molar-refractivity contribution in [3.8, 4) is 0 Å². The largest absolute Gasteiger partial charge is 0.271 e. The van der Waals surface area contributed by atoms with Crippen LogP contribution >= 0.6 is 11.6 Å². The zero-order valence-electron chi connectivity index (χ0n) is 9.04. The first-order chi connectivity index (χ1) is 7.27. The van der Waals surface area contributed by atoms with E-state index in [2.05, 4.69) is 17.3 Å². The first kappa shape index (κ1) is 12.4. The van der Waals surface area contributed by atoms with E-state index in [1.165, 1.54) is 12.8 Å². The molecule has 0 amide bonds. The Balaban J connectivity index is 2.53. The number of nitrogens with two attached hydrogens (primary N) is 1. The molecule has 1 rings (SSSR count). The Bertz CT molecular complexity index is 274. The highest BCUT2D eigenvalue weighted by atomic mass is 35.5. The van der Waals surface area contributed by atoms with E-state index in [0.29, 0.717) is 5.02 Å². The molecule has 4 heteroatoms. The maximum absolute atomic E-state index is 5.77. The van der Waals surface area contributed by atoms with Crippen molar-refractivity contribution in [2.24, 2.45) is 5.84 Å². The van der Waals surface area contributed by atoms with Gasteiger partial charge in [0.05, 0.1) is 16.8 Å². The molecule has 1 unspecified atom stereocenters. The molecule has 0 aliphatic carbocycles. The van der Waals surface area contributed by atoms with E-state index in [9.17, 15) is 0 Å². The molecule has 0 radical (unpaired) electrons. The average molecular weight is 228 g/mol. The minimum atomic E-state index is 0.133. The predicted molar refractivity (Wildman–Crippen MR) is 63.5 cm³/mol. The molecular weight excluding hydrogens is 210 g/mol. The number of nitrogens with zero attached hydrogens (tertiary/aromatic N) is 1. The fraction of sp³-hybridized carbons (Fsp3) is 0.545. The molecule has 0 aliphatic rings. The Morgan fingerprint density at radius 2 is 2.27 bits per heavy atom. The van der Waals surface area contributed by atoms with Crippen molar-refractivity contribution < 1.29 is 0 Å². The molecular formula is C11H18ClN3. The van der Waals surface area contributed by atoms with Gasteiger partial charge in [-0.05, 0) is 18.6 Å². The van der Waals surface area contributed by atoms with Crippen LogP contribution in [-0.2, 0) is 0 Å². The van der Waals surface area contributed by atoms with Gasteiger partial charge in [-0.2, -0.15) is 0 Å². The molecule has 0 saturated carbocycles. The molecule has 0 bridgehead atoms. The van der Waals surface area contributed by atoms with Crippen LogP contribution in [0.1, 0.15) is 44.3 Å². The number of unbranched alkanes of at least 4 members (excludes halogenated alkanes) is 2. The molecule has 0 aromatic carbocycles. The van der Waals surface area contributed by atoms with Crippen LogP contribution in [0.2, 0.25) is 5.02 Å². The van der Waals surface area contributed by atoms with Crippen LogP contribution < -0.4 is 11.3 Å². The monoisotopic (exact) mass is 227 g/mol. The van der Waals surface area contributed by atoms with Gasteiger partial charge in [0, 0.05) is 6.20 Å². The van der Waals surface area contributed by atoms with E-state index < -0.39 is 0 Å². The second kappa shape index (κ2) is 6.77. The average Bonchev–Trinajstić information content (AvgIpc) is 2.26. The Morgan fingerprint density at radius 3 is 2.80 bits per heavy atom. The van der Waals surface area contributed by atoms with Crippen molar-refractivity contribution >= 4 is 11.6 Å². The first-order valence-electron chi connectivity index (χ1n) is 5.35. The zero-order chi connectivity index (χ0) is 11.1. The standard InChI is InChI=1S/C11H18ClN3/c1-2-3-4-5-11(15-13)10-7-6-9(12)8-14-10/h6-8,11,15H,2-5,13H2,1H3. The smallest absolute Gasteiger partial charge is 0.0632 e. The van der Waals surface area contributed by atoms with Crippen LogP contribution in [0.5, 0.6) is 0 Å². The SMILES string of the molecule is CCCCCC(NN)c1ccc(Cl)cn1. The summed E-state index contributed by atoms with van der Waals surface area (Å²) in [4.78, 5) is 4.25. The van der Waals surface area contributed by atoms with Gasteiger partial charge in [0.25, 0.3) is 0 Å². The number of hydrogen-bond acceptors (Lipinski definition) is 3. The van der Waals surface area contributed by atoms with Crippen molar-refractivity contribution in [3.63, 3.8) is 0 Å². The number of pyridine rings is 1. The van der Waals surface area contributed by atoms with Gasteiger partial charge in [-0.3, -0.25) is 16.3 Å². The van der Waals surface area contributed by atoms with Gasteiger partial charge in [-0.1, -0.05) is 37.8 Å². The van der Waals surface area contributed by atoms with Crippen LogP contribution in [0.4, 0.5) is 0 Å². The van der Waals surface area contributed by atoms with Crippen LogP contribution in [0, 0.1) is 0 Å². The number of hydrogen-bond donors (Lipinski definition) is 2. The second-order valence-electron chi connectivity index (χ2n) is 3.62. The van der Waals surface area contributed by atoms with Gasteiger partial charge in [0.2, 0.25) is 0 Å². The molecule has 15 heavy (non-hydrogen) atoms. The number of nitrogens with one attached hydrogen (secondary N) is 1. The van der Waals surface area contributed by atoms with E-state index in [4.69, 9.17) is 17.4 Å². The van der Waals surface area contributed by atoms with E-state index in [1.54, 1.807) is 6.20 Å². The van der Waals surface area contributed by atoms with Gasteiger partial charge in [0.1, 0.15) is 0 Å². The van der Waals surface area contributed by atoms with Crippen molar-refractivity contribution in [1.29, 1.82) is 0 Å². The third-order valence-electron chi connectivity index (χ3n) is 2.40. The van der Waals surface area contributed by atoms with E-state index in [-0.39, 0.29) is 6.04 Å². The highest BCUT2D eigenvalue weighted by molar-refractivity contribution is 6.30. The Labute approximate surface area is 96.0 Å². The van der Waals surface area contributed by atoms with Crippen molar-refractivity contribution in [1.82, 2.24) is 10.4 Å². The first-order valence-corrected chi connectivity index (χ1v) is 5.73. The summed E-state index contributed by atoms with van der Waals surface area (Å²) in [7, 11) is 0. The summed E-state index contributed by atoms with van der Waals surface area (Å²) >= 11 is 5.77. The lowest BCUT2D eigenvalue weighted by molar-refractivity contribution is 0.477. The van der Waals surface area contributed by atoms with Crippen LogP contribution in [0.3, 0.4) is 0 Å². The lowest BCUT2D eigenvalue weighted by Gasteiger charge is -2.14. The number of rotatable bonds is 6. The van der Waals surface area contributed by atoms with E-state index in [1.807, 2.05) is 12.1 Å². The molecule has 3 N–H and O–H groups in total. The van der Waals surface area contributed by atoms with Gasteiger partial charge < -0.3 is 0 Å². The summed E-state index contributed by atoms with van der Waals surface area (Å²) < 4.78 is 0. The lowest BCUT2D eigenvalue weighted by Crippen LogP contribution is -2.28. The second-order valence-corrected chi connectivity index (χ2v) is 4.05. The Morgan fingerprint density at radius 1 is 1.47 bits per heavy atom. The molecule has 0 spiro atoms. The topological polar surface area (TPSA) is 50.9 Å². The fourth-order valence-corrected chi connectivity index (χ4v) is 1.62. The maximum Gasteiger partial charge on any atom is 0.0632 e. The number of aromatic nitrogens is 1. The molecule has 0 aliphatic heterocycles. The summed E-state index contributed by atoms with van der Waals surface area (Å²) in [6.45, 7) is 2.19. The molecule has 0 saturated heterocycles. The molecule has 1 heterocycles. The maximum atomic E-state index is 5.77. The molecule has 84 valence electrons. The van der Waals surface area contributed by atoms with Crippen molar-refractivity contribution in [2.75, 3.05) is 0 Å². The quantitative estimate of drug-likeness (QED) is 0.446. The summed E-state index contributed by atoms with van der Waals surface area (Å²) in [5.74, 6) is 5.50. The van der Waals surface area contributed by atoms with Crippen molar-refractivity contribution in [3.05, 3.63) is 29.0 Å². The predicted octanol–water partition coefficient (Wildman–Crippen LogP) is 2.82.